The number of aromatic nitrogens is 2. The van der Waals surface area contributed by atoms with Gasteiger partial charge in [0.05, 0.1) is 26.2 Å². The number of anilines is 3. The van der Waals surface area contributed by atoms with Gasteiger partial charge in [0, 0.05) is 34.2 Å². The highest BCUT2D eigenvalue weighted by Crippen LogP contribution is 2.36. The van der Waals surface area contributed by atoms with E-state index in [1.165, 1.54) is 6.33 Å². The van der Waals surface area contributed by atoms with Crippen molar-refractivity contribution in [3.05, 3.63) is 64.6 Å². The summed E-state index contributed by atoms with van der Waals surface area (Å²) in [6.45, 7) is 0.705. The zero-order valence-corrected chi connectivity index (χ0v) is 18.6. The van der Waals surface area contributed by atoms with Crippen molar-refractivity contribution in [3.8, 4) is 11.5 Å². The Bertz CT molecular complexity index is 1290. The smallest absolute Gasteiger partial charge is 0.232 e. The zero-order valence-electron chi connectivity index (χ0n) is 17.8. The zero-order chi connectivity index (χ0) is 22.1. The monoisotopic (exact) mass is 446 g/mol. The fourth-order valence-corrected chi connectivity index (χ4v) is 4.71. The summed E-state index contributed by atoms with van der Waals surface area (Å²) in [5, 5.41) is 6.23. The van der Waals surface area contributed by atoms with Crippen LogP contribution >= 0.6 is 11.3 Å². The van der Waals surface area contributed by atoms with Crippen molar-refractivity contribution in [3.63, 3.8) is 0 Å². The fraction of sp³-hybridized carbons (Fsp3) is 0.208. The quantitative estimate of drug-likeness (QED) is 0.467. The Morgan fingerprint density at radius 2 is 1.97 bits per heavy atom. The van der Waals surface area contributed by atoms with Gasteiger partial charge in [-0.2, -0.15) is 0 Å². The van der Waals surface area contributed by atoms with Gasteiger partial charge >= 0.3 is 0 Å². The molecule has 0 atom stereocenters. The molecule has 5 rings (SSSR count). The highest BCUT2D eigenvalue weighted by atomic mass is 32.1. The lowest BCUT2D eigenvalue weighted by Crippen LogP contribution is -2.30. The van der Waals surface area contributed by atoms with Crippen LogP contribution in [-0.4, -0.2) is 36.6 Å². The highest BCUT2D eigenvalue weighted by Gasteiger charge is 2.25. The van der Waals surface area contributed by atoms with Crippen molar-refractivity contribution in [1.82, 2.24) is 9.97 Å². The van der Waals surface area contributed by atoms with Gasteiger partial charge in [0.2, 0.25) is 5.91 Å². The third-order valence-corrected chi connectivity index (χ3v) is 6.46. The van der Waals surface area contributed by atoms with Gasteiger partial charge in [0.15, 0.2) is 11.5 Å². The van der Waals surface area contributed by atoms with E-state index in [-0.39, 0.29) is 5.91 Å². The largest absolute Gasteiger partial charge is 0.493 e. The first-order chi connectivity index (χ1) is 15.7. The molecule has 0 saturated carbocycles. The standard InChI is InChI=1S/C24H22N4O3S/c1-30-21-12-18-19(13-22(21)31-2)25-14-26-24(18)27-16-5-6-20-15(10-16)7-8-28(20)23(29)11-17-4-3-9-32-17/h3-6,9-10,12-14H,7-8,11H2,1-2H3,(H,25,26,27). The Hall–Kier alpha value is -3.65. The molecule has 0 unspecified atom stereocenters. The van der Waals surface area contributed by atoms with Gasteiger partial charge in [-0.1, -0.05) is 6.07 Å². The number of benzene rings is 2. The van der Waals surface area contributed by atoms with E-state index >= 15 is 0 Å². The number of hydrogen-bond acceptors (Lipinski definition) is 7. The first-order valence-corrected chi connectivity index (χ1v) is 11.1. The molecule has 0 bridgehead atoms. The number of fused-ring (bicyclic) bond motifs is 2. The topological polar surface area (TPSA) is 76.6 Å². The molecule has 1 N–H and O–H groups in total. The second-order valence-corrected chi connectivity index (χ2v) is 8.50. The van der Waals surface area contributed by atoms with E-state index in [1.807, 2.05) is 46.7 Å². The SMILES string of the molecule is COc1cc2ncnc(Nc3ccc4c(c3)CCN4C(=O)Cc3cccs3)c2cc1OC. The summed E-state index contributed by atoms with van der Waals surface area (Å²) in [4.78, 5) is 24.5. The number of ether oxygens (including phenoxy) is 2. The number of thiophene rings is 1. The van der Waals surface area contributed by atoms with E-state index in [4.69, 9.17) is 9.47 Å². The molecule has 8 heteroatoms. The minimum Gasteiger partial charge on any atom is -0.493 e. The van der Waals surface area contributed by atoms with E-state index < -0.39 is 0 Å². The van der Waals surface area contributed by atoms with Crippen LogP contribution in [0.4, 0.5) is 17.2 Å². The van der Waals surface area contributed by atoms with Crippen LogP contribution in [0.25, 0.3) is 10.9 Å². The summed E-state index contributed by atoms with van der Waals surface area (Å²) in [6, 6.07) is 13.8. The van der Waals surface area contributed by atoms with Crippen LogP contribution in [0.15, 0.2) is 54.2 Å². The Morgan fingerprint density at radius 3 is 2.75 bits per heavy atom. The number of carbonyl (C=O) groups excluding carboxylic acids is 1. The van der Waals surface area contributed by atoms with E-state index in [0.29, 0.717) is 30.3 Å². The molecule has 4 aromatic rings. The molecule has 7 nitrogen and oxygen atoms in total. The van der Waals surface area contributed by atoms with Gasteiger partial charge in [0.25, 0.3) is 0 Å². The summed E-state index contributed by atoms with van der Waals surface area (Å²) >= 11 is 1.61. The average molecular weight is 447 g/mol. The third kappa shape index (κ3) is 3.73. The Morgan fingerprint density at radius 1 is 1.12 bits per heavy atom. The number of amides is 1. The number of nitrogens with zero attached hydrogens (tertiary/aromatic N) is 3. The average Bonchev–Trinajstić information content (AvgIpc) is 3.48. The summed E-state index contributed by atoms with van der Waals surface area (Å²) in [6.07, 6.45) is 2.79. The van der Waals surface area contributed by atoms with Gasteiger partial charge < -0.3 is 19.7 Å². The van der Waals surface area contributed by atoms with Crippen LogP contribution in [0, 0.1) is 0 Å². The highest BCUT2D eigenvalue weighted by molar-refractivity contribution is 7.10. The summed E-state index contributed by atoms with van der Waals surface area (Å²) in [5.74, 6) is 2.05. The van der Waals surface area contributed by atoms with E-state index in [2.05, 4.69) is 21.4 Å². The predicted molar refractivity (Wildman–Crippen MR) is 126 cm³/mol. The molecule has 1 aliphatic heterocycles. The van der Waals surface area contributed by atoms with Crippen molar-refractivity contribution in [2.45, 2.75) is 12.8 Å². The minimum absolute atomic E-state index is 0.134. The number of hydrogen-bond donors (Lipinski definition) is 1. The van der Waals surface area contributed by atoms with Crippen molar-refractivity contribution >= 4 is 45.3 Å². The lowest BCUT2D eigenvalue weighted by molar-refractivity contribution is -0.117. The van der Waals surface area contributed by atoms with Gasteiger partial charge in [-0.15, -0.1) is 11.3 Å². The first-order valence-electron chi connectivity index (χ1n) is 10.3. The summed E-state index contributed by atoms with van der Waals surface area (Å²) in [7, 11) is 3.20. The van der Waals surface area contributed by atoms with Gasteiger partial charge in [-0.05, 0) is 47.7 Å². The lowest BCUT2D eigenvalue weighted by atomic mass is 10.1. The maximum atomic E-state index is 12.8. The molecule has 3 heterocycles. The maximum Gasteiger partial charge on any atom is 0.232 e. The Labute approximate surface area is 189 Å². The molecule has 0 spiro atoms. The second kappa shape index (κ2) is 8.47. The number of methoxy groups -OCH3 is 2. The van der Waals surface area contributed by atoms with E-state index in [0.717, 1.165) is 39.1 Å². The molecule has 162 valence electrons. The van der Waals surface area contributed by atoms with E-state index in [9.17, 15) is 4.79 Å². The van der Waals surface area contributed by atoms with Gasteiger partial charge in [0.1, 0.15) is 12.1 Å². The molecule has 2 aromatic carbocycles. The van der Waals surface area contributed by atoms with Gasteiger partial charge in [-0.25, -0.2) is 9.97 Å². The molecular weight excluding hydrogens is 424 g/mol. The number of carbonyl (C=O) groups is 1. The first kappa shape index (κ1) is 20.3. The van der Waals surface area contributed by atoms with Crippen molar-refractivity contribution in [1.29, 1.82) is 0 Å². The van der Waals surface area contributed by atoms with Crippen LogP contribution in [0.5, 0.6) is 11.5 Å². The normalized spacial score (nSPS) is 12.6. The molecule has 1 aliphatic rings. The number of nitrogens with one attached hydrogen (secondary N) is 1. The molecule has 0 fully saturated rings. The minimum atomic E-state index is 0.134. The molecule has 1 amide bonds. The maximum absolute atomic E-state index is 12.8. The molecule has 0 saturated heterocycles. The Kier molecular flexibility index (Phi) is 5.36. The van der Waals surface area contributed by atoms with Crippen LogP contribution in [0.2, 0.25) is 0 Å². The summed E-state index contributed by atoms with van der Waals surface area (Å²) in [5.41, 5.74) is 3.79. The number of rotatable bonds is 6. The Balaban J connectivity index is 1.41. The fourth-order valence-electron chi connectivity index (χ4n) is 4.02. The molecule has 0 aliphatic carbocycles. The predicted octanol–water partition coefficient (Wildman–Crippen LogP) is 4.58. The van der Waals surface area contributed by atoms with Crippen molar-refractivity contribution in [2.75, 3.05) is 31.0 Å². The molecule has 2 aromatic heterocycles. The third-order valence-electron chi connectivity index (χ3n) is 5.59. The molecule has 0 radical (unpaired) electrons. The van der Waals surface area contributed by atoms with Crippen LogP contribution in [-0.2, 0) is 17.6 Å². The van der Waals surface area contributed by atoms with Crippen LogP contribution in [0.1, 0.15) is 10.4 Å². The van der Waals surface area contributed by atoms with Crippen LogP contribution in [0.3, 0.4) is 0 Å². The van der Waals surface area contributed by atoms with Gasteiger partial charge in [-0.3, -0.25) is 4.79 Å². The summed E-state index contributed by atoms with van der Waals surface area (Å²) < 4.78 is 10.8. The second-order valence-electron chi connectivity index (χ2n) is 7.47. The molecule has 32 heavy (non-hydrogen) atoms. The van der Waals surface area contributed by atoms with E-state index in [1.54, 1.807) is 25.6 Å². The molecular formula is C24H22N4O3S. The van der Waals surface area contributed by atoms with Crippen molar-refractivity contribution in [2.24, 2.45) is 0 Å². The lowest BCUT2D eigenvalue weighted by Gasteiger charge is -2.17. The van der Waals surface area contributed by atoms with Crippen LogP contribution < -0.4 is 19.7 Å². The van der Waals surface area contributed by atoms with Crippen molar-refractivity contribution < 1.29 is 14.3 Å².